The molecule has 0 amide bonds. The van der Waals surface area contributed by atoms with Crippen LogP contribution in [0.3, 0.4) is 0 Å². The lowest BCUT2D eigenvalue weighted by atomic mass is 10.0. The van der Waals surface area contributed by atoms with Crippen LogP contribution in [0.1, 0.15) is 0 Å². The molecule has 0 saturated heterocycles. The molecule has 0 spiro atoms. The molecule has 0 aliphatic rings. The van der Waals surface area contributed by atoms with E-state index >= 15 is 0 Å². The van der Waals surface area contributed by atoms with Crippen molar-refractivity contribution in [3.63, 3.8) is 0 Å². The topological polar surface area (TPSA) is 11.4 Å². The molecule has 0 atom stereocenters. The number of aromatic nitrogens is 1. The van der Waals surface area contributed by atoms with Gasteiger partial charge >= 0.3 is 0 Å². The molecule has 3 heteroatoms. The Morgan fingerprint density at radius 1 is 0.281 bits per heavy atom. The van der Waals surface area contributed by atoms with Crippen LogP contribution in [0, 0.1) is 0 Å². The fourth-order valence-electron chi connectivity index (χ4n) is 8.12. The summed E-state index contributed by atoms with van der Waals surface area (Å²) in [7, 11) is 0. The van der Waals surface area contributed by atoms with Crippen LogP contribution < -0.4 is 9.80 Å². The van der Waals surface area contributed by atoms with E-state index in [1.807, 2.05) is 0 Å². The standard InChI is InChI=1S/C54H39N3/c1-6-18-40(19-7-1)42-30-34-47(35-31-42)55(44-22-10-3-11-23-44)49-38-52(54-50-28-16-17-29-51(50)57(53(54)39-49)46-26-14-5-15-27-46)56(45-24-12-4-13-25-45)48-36-32-43(33-37-48)41-20-8-2-9-21-41/h1-39H. The summed E-state index contributed by atoms with van der Waals surface area (Å²) < 4.78 is 2.42. The molecule has 0 N–H and O–H groups in total. The Balaban J connectivity index is 1.27. The second-order valence-electron chi connectivity index (χ2n) is 14.2. The largest absolute Gasteiger partial charge is 0.310 e. The molecule has 10 rings (SSSR count). The third-order valence-corrected chi connectivity index (χ3v) is 10.7. The van der Waals surface area contributed by atoms with E-state index in [0.717, 1.165) is 50.8 Å². The van der Waals surface area contributed by atoms with Gasteiger partial charge in [0.2, 0.25) is 0 Å². The Morgan fingerprint density at radius 3 is 1.23 bits per heavy atom. The summed E-state index contributed by atoms with van der Waals surface area (Å²) in [4.78, 5) is 4.80. The Kier molecular flexibility index (Phi) is 8.86. The van der Waals surface area contributed by atoms with E-state index in [2.05, 4.69) is 251 Å². The summed E-state index contributed by atoms with van der Waals surface area (Å²) in [6, 6.07) is 84.8. The quantitative estimate of drug-likeness (QED) is 0.147. The molecule has 0 fully saturated rings. The minimum atomic E-state index is 1.05. The summed E-state index contributed by atoms with van der Waals surface area (Å²) in [5, 5.41) is 2.37. The van der Waals surface area contributed by atoms with Crippen LogP contribution >= 0.6 is 0 Å². The van der Waals surface area contributed by atoms with Gasteiger partial charge in [0, 0.05) is 39.2 Å². The van der Waals surface area contributed by atoms with Crippen LogP contribution in [0.2, 0.25) is 0 Å². The molecule has 0 saturated carbocycles. The van der Waals surface area contributed by atoms with Crippen LogP contribution in [0.5, 0.6) is 0 Å². The van der Waals surface area contributed by atoms with Crippen molar-refractivity contribution in [2.24, 2.45) is 0 Å². The van der Waals surface area contributed by atoms with Gasteiger partial charge in [-0.1, -0.05) is 158 Å². The molecule has 0 aliphatic carbocycles. The molecule has 270 valence electrons. The maximum absolute atomic E-state index is 2.42. The number of rotatable bonds is 9. The first-order valence-electron chi connectivity index (χ1n) is 19.4. The third-order valence-electron chi connectivity index (χ3n) is 10.7. The normalized spacial score (nSPS) is 11.2. The van der Waals surface area contributed by atoms with E-state index in [1.54, 1.807) is 0 Å². The number of fused-ring (bicyclic) bond motifs is 3. The molecule has 9 aromatic carbocycles. The zero-order valence-electron chi connectivity index (χ0n) is 31.4. The lowest BCUT2D eigenvalue weighted by Crippen LogP contribution is -2.14. The lowest BCUT2D eigenvalue weighted by molar-refractivity contribution is 1.17. The maximum Gasteiger partial charge on any atom is 0.0583 e. The zero-order valence-corrected chi connectivity index (χ0v) is 31.4. The van der Waals surface area contributed by atoms with E-state index in [9.17, 15) is 0 Å². The fourth-order valence-corrected chi connectivity index (χ4v) is 8.12. The van der Waals surface area contributed by atoms with Gasteiger partial charge in [-0.3, -0.25) is 0 Å². The highest BCUT2D eigenvalue weighted by atomic mass is 15.2. The van der Waals surface area contributed by atoms with Gasteiger partial charge in [-0.2, -0.15) is 0 Å². The number of anilines is 6. The van der Waals surface area contributed by atoms with Gasteiger partial charge in [0.25, 0.3) is 0 Å². The van der Waals surface area contributed by atoms with Crippen molar-refractivity contribution in [2.45, 2.75) is 0 Å². The van der Waals surface area contributed by atoms with Crippen molar-refractivity contribution in [3.05, 3.63) is 237 Å². The molecule has 3 nitrogen and oxygen atoms in total. The van der Waals surface area contributed by atoms with Crippen molar-refractivity contribution in [1.82, 2.24) is 4.57 Å². The van der Waals surface area contributed by atoms with Crippen LogP contribution in [0.25, 0.3) is 49.7 Å². The number of benzene rings is 9. The van der Waals surface area contributed by atoms with Gasteiger partial charge in [-0.25, -0.2) is 0 Å². The average molecular weight is 730 g/mol. The highest BCUT2D eigenvalue weighted by Gasteiger charge is 2.25. The SMILES string of the molecule is c1ccc(-c2ccc(N(c3ccccc3)c3cc(N(c4ccccc4)c4ccc(-c5ccccc5)cc4)c4c5ccccc5n(-c5ccccc5)c4c3)cc2)cc1. The second kappa shape index (κ2) is 14.9. The van der Waals surface area contributed by atoms with Gasteiger partial charge < -0.3 is 14.4 Å². The summed E-state index contributed by atoms with van der Waals surface area (Å²) in [5.41, 5.74) is 14.6. The molecular weight excluding hydrogens is 691 g/mol. The molecule has 0 radical (unpaired) electrons. The first kappa shape index (κ1) is 33.9. The molecule has 57 heavy (non-hydrogen) atoms. The van der Waals surface area contributed by atoms with Gasteiger partial charge in [0.05, 0.1) is 22.4 Å². The minimum Gasteiger partial charge on any atom is -0.310 e. The van der Waals surface area contributed by atoms with Crippen LogP contribution in [-0.2, 0) is 0 Å². The first-order valence-corrected chi connectivity index (χ1v) is 19.4. The van der Waals surface area contributed by atoms with Gasteiger partial charge in [-0.15, -0.1) is 0 Å². The number of para-hydroxylation sites is 4. The minimum absolute atomic E-state index is 1.05. The average Bonchev–Trinajstić information content (AvgIpc) is 3.63. The van der Waals surface area contributed by atoms with Gasteiger partial charge in [-0.05, 0) is 101 Å². The molecule has 0 aliphatic heterocycles. The molecular formula is C54H39N3. The predicted octanol–water partition coefficient (Wildman–Crippen LogP) is 15.1. The zero-order chi connectivity index (χ0) is 38.0. The predicted molar refractivity (Wildman–Crippen MR) is 241 cm³/mol. The Hall–Kier alpha value is -7.62. The fraction of sp³-hybridized carbons (Fsp3) is 0. The van der Waals surface area contributed by atoms with E-state index in [0.29, 0.717) is 0 Å². The first-order chi connectivity index (χ1) is 28.3. The maximum atomic E-state index is 2.42. The number of nitrogens with zero attached hydrogens (tertiary/aromatic N) is 3. The summed E-state index contributed by atoms with van der Waals surface area (Å²) in [6.07, 6.45) is 0. The van der Waals surface area contributed by atoms with Crippen LogP contribution in [-0.4, -0.2) is 4.57 Å². The monoisotopic (exact) mass is 729 g/mol. The number of hydrogen-bond donors (Lipinski definition) is 0. The van der Waals surface area contributed by atoms with E-state index < -0.39 is 0 Å². The molecule has 1 heterocycles. The van der Waals surface area contributed by atoms with E-state index in [1.165, 1.54) is 33.0 Å². The van der Waals surface area contributed by atoms with Crippen LogP contribution in [0.4, 0.5) is 34.1 Å². The smallest absolute Gasteiger partial charge is 0.0583 e. The third kappa shape index (κ3) is 6.41. The highest BCUT2D eigenvalue weighted by Crippen LogP contribution is 2.48. The van der Waals surface area contributed by atoms with Gasteiger partial charge in [0.15, 0.2) is 0 Å². The summed E-state index contributed by atoms with van der Waals surface area (Å²) in [5.74, 6) is 0. The van der Waals surface area contributed by atoms with Crippen molar-refractivity contribution >= 4 is 55.9 Å². The molecule has 10 aromatic rings. The molecule has 0 unspecified atom stereocenters. The number of hydrogen-bond acceptors (Lipinski definition) is 2. The van der Waals surface area contributed by atoms with Crippen molar-refractivity contribution < 1.29 is 0 Å². The lowest BCUT2D eigenvalue weighted by Gasteiger charge is -2.30. The summed E-state index contributed by atoms with van der Waals surface area (Å²) in [6.45, 7) is 0. The second-order valence-corrected chi connectivity index (χ2v) is 14.2. The highest BCUT2D eigenvalue weighted by molar-refractivity contribution is 6.18. The molecule has 1 aromatic heterocycles. The Morgan fingerprint density at radius 2 is 0.684 bits per heavy atom. The van der Waals surface area contributed by atoms with E-state index in [-0.39, 0.29) is 0 Å². The van der Waals surface area contributed by atoms with Crippen molar-refractivity contribution in [1.29, 1.82) is 0 Å². The Labute approximate surface area is 333 Å². The van der Waals surface area contributed by atoms with Gasteiger partial charge in [0.1, 0.15) is 0 Å². The Bertz CT molecular complexity index is 2910. The van der Waals surface area contributed by atoms with Crippen molar-refractivity contribution in [3.8, 4) is 27.9 Å². The summed E-state index contributed by atoms with van der Waals surface area (Å²) >= 11 is 0. The van der Waals surface area contributed by atoms with Crippen molar-refractivity contribution in [2.75, 3.05) is 9.80 Å². The van der Waals surface area contributed by atoms with E-state index in [4.69, 9.17) is 0 Å². The van der Waals surface area contributed by atoms with Crippen LogP contribution in [0.15, 0.2) is 237 Å². The molecule has 0 bridgehead atoms.